The molecule has 3 N–H and O–H groups in total. The Labute approximate surface area is 168 Å². The lowest BCUT2D eigenvalue weighted by molar-refractivity contribution is 0.171. The standard InChI is InChI=1S/C22H23N5O2/c1-13(2)20(14-3-4-18-19(9-14)29-8-7-28-18)27-22-16-10-17(15-5-6-23-11-15)26-21(16)24-12-25-22/h3-6,9-13,20,23H,7-8H2,1-2H3,(H2,24,25,26,27)/t20-/m1/s1. The number of nitrogens with zero attached hydrogens (tertiary/aromatic N) is 2. The van der Waals surface area contributed by atoms with E-state index in [1.165, 1.54) is 0 Å². The Bertz CT molecular complexity index is 1130. The van der Waals surface area contributed by atoms with Crippen LogP contribution in [0.2, 0.25) is 0 Å². The highest BCUT2D eigenvalue weighted by molar-refractivity contribution is 5.91. The lowest BCUT2D eigenvalue weighted by atomic mass is 9.95. The SMILES string of the molecule is CC(C)[C@@H](Nc1ncnc2[nH]c(-c3cc[nH]c3)cc12)c1ccc2c(c1)OCCO2. The molecule has 3 aromatic heterocycles. The molecular weight excluding hydrogens is 366 g/mol. The topological polar surface area (TPSA) is 87.9 Å². The molecule has 0 radical (unpaired) electrons. The van der Waals surface area contributed by atoms with Crippen molar-refractivity contribution in [2.45, 2.75) is 19.9 Å². The lowest BCUT2D eigenvalue weighted by Crippen LogP contribution is -2.19. The van der Waals surface area contributed by atoms with Gasteiger partial charge < -0.3 is 24.8 Å². The van der Waals surface area contributed by atoms with E-state index in [1.54, 1.807) is 6.33 Å². The number of hydrogen-bond donors (Lipinski definition) is 3. The third-order valence-corrected chi connectivity index (χ3v) is 5.22. The number of nitrogens with one attached hydrogen (secondary N) is 3. The van der Waals surface area contributed by atoms with E-state index in [2.05, 4.69) is 57.3 Å². The summed E-state index contributed by atoms with van der Waals surface area (Å²) in [4.78, 5) is 15.4. The molecule has 1 atom stereocenters. The number of H-pyrrole nitrogens is 2. The van der Waals surface area contributed by atoms with Gasteiger partial charge in [0.05, 0.1) is 11.4 Å². The smallest absolute Gasteiger partial charge is 0.161 e. The fourth-order valence-corrected chi connectivity index (χ4v) is 3.74. The molecule has 148 valence electrons. The summed E-state index contributed by atoms with van der Waals surface area (Å²) in [5, 5.41) is 4.59. The second-order valence-corrected chi connectivity index (χ2v) is 7.54. The summed E-state index contributed by atoms with van der Waals surface area (Å²) in [6, 6.07) is 10.3. The molecule has 29 heavy (non-hydrogen) atoms. The third kappa shape index (κ3) is 3.29. The second kappa shape index (κ2) is 7.16. The number of hydrogen-bond acceptors (Lipinski definition) is 5. The van der Waals surface area contributed by atoms with E-state index in [4.69, 9.17) is 9.47 Å². The summed E-state index contributed by atoms with van der Waals surface area (Å²) < 4.78 is 11.4. The molecule has 1 aromatic carbocycles. The van der Waals surface area contributed by atoms with Gasteiger partial charge in [0.15, 0.2) is 11.5 Å². The van der Waals surface area contributed by atoms with E-state index in [1.807, 2.05) is 24.5 Å². The van der Waals surface area contributed by atoms with E-state index in [-0.39, 0.29) is 6.04 Å². The van der Waals surface area contributed by atoms with Crippen LogP contribution in [0.15, 0.2) is 49.1 Å². The highest BCUT2D eigenvalue weighted by atomic mass is 16.6. The molecule has 5 rings (SSSR count). The van der Waals surface area contributed by atoms with Gasteiger partial charge in [0.1, 0.15) is 31.0 Å². The number of aromatic nitrogens is 4. The third-order valence-electron chi connectivity index (χ3n) is 5.22. The molecule has 0 fully saturated rings. The number of benzene rings is 1. The first kappa shape index (κ1) is 17.6. The van der Waals surface area contributed by atoms with Crippen molar-refractivity contribution in [2.24, 2.45) is 5.92 Å². The molecular formula is C22H23N5O2. The van der Waals surface area contributed by atoms with Gasteiger partial charge in [-0.15, -0.1) is 0 Å². The van der Waals surface area contributed by atoms with Crippen LogP contribution in [0.4, 0.5) is 5.82 Å². The largest absolute Gasteiger partial charge is 0.486 e. The van der Waals surface area contributed by atoms with Crippen LogP contribution in [-0.4, -0.2) is 33.1 Å². The minimum atomic E-state index is 0.0644. The normalized spacial score (nSPS) is 14.3. The van der Waals surface area contributed by atoms with Gasteiger partial charge in [-0.05, 0) is 35.7 Å². The molecule has 0 saturated carbocycles. The monoisotopic (exact) mass is 389 g/mol. The highest BCUT2D eigenvalue weighted by Gasteiger charge is 2.21. The van der Waals surface area contributed by atoms with Crippen LogP contribution in [-0.2, 0) is 0 Å². The number of ether oxygens (including phenoxy) is 2. The first-order valence-electron chi connectivity index (χ1n) is 9.82. The predicted molar refractivity (Wildman–Crippen MR) is 112 cm³/mol. The Morgan fingerprint density at radius 1 is 1.03 bits per heavy atom. The molecule has 4 heterocycles. The van der Waals surface area contributed by atoms with Gasteiger partial charge in [-0.3, -0.25) is 0 Å². The summed E-state index contributed by atoms with van der Waals surface area (Å²) in [6.07, 6.45) is 5.45. The lowest BCUT2D eigenvalue weighted by Gasteiger charge is -2.26. The fraction of sp³-hybridized carbons (Fsp3) is 0.273. The summed E-state index contributed by atoms with van der Waals surface area (Å²) in [5.74, 6) is 2.74. The molecule has 0 unspecified atom stereocenters. The fourth-order valence-electron chi connectivity index (χ4n) is 3.74. The number of anilines is 1. The van der Waals surface area contributed by atoms with Crippen LogP contribution in [0.25, 0.3) is 22.3 Å². The molecule has 0 spiro atoms. The second-order valence-electron chi connectivity index (χ2n) is 7.54. The van der Waals surface area contributed by atoms with Crippen molar-refractivity contribution in [3.05, 3.63) is 54.6 Å². The van der Waals surface area contributed by atoms with Crippen LogP contribution in [0, 0.1) is 5.92 Å². The first-order chi connectivity index (χ1) is 14.2. The Balaban J connectivity index is 1.51. The highest BCUT2D eigenvalue weighted by Crippen LogP contribution is 2.36. The minimum absolute atomic E-state index is 0.0644. The van der Waals surface area contributed by atoms with Crippen molar-refractivity contribution in [1.29, 1.82) is 0 Å². The molecule has 1 aliphatic heterocycles. The molecule has 0 aliphatic carbocycles. The van der Waals surface area contributed by atoms with Gasteiger partial charge in [0.2, 0.25) is 0 Å². The Morgan fingerprint density at radius 2 is 1.90 bits per heavy atom. The maximum Gasteiger partial charge on any atom is 0.161 e. The molecule has 0 amide bonds. The molecule has 0 bridgehead atoms. The van der Waals surface area contributed by atoms with Gasteiger partial charge in [-0.2, -0.15) is 0 Å². The van der Waals surface area contributed by atoms with Crippen LogP contribution in [0.3, 0.4) is 0 Å². The Hall–Kier alpha value is -3.48. The zero-order valence-electron chi connectivity index (χ0n) is 16.4. The maximum atomic E-state index is 5.77. The van der Waals surface area contributed by atoms with E-state index >= 15 is 0 Å². The molecule has 7 nitrogen and oxygen atoms in total. The van der Waals surface area contributed by atoms with E-state index in [9.17, 15) is 0 Å². The van der Waals surface area contributed by atoms with Crippen molar-refractivity contribution in [3.8, 4) is 22.8 Å². The molecule has 4 aromatic rings. The van der Waals surface area contributed by atoms with Gasteiger partial charge >= 0.3 is 0 Å². The van der Waals surface area contributed by atoms with Gasteiger partial charge in [-0.25, -0.2) is 9.97 Å². The molecule has 1 aliphatic rings. The molecule has 0 saturated heterocycles. The van der Waals surface area contributed by atoms with Gasteiger partial charge in [0, 0.05) is 23.7 Å². The Morgan fingerprint density at radius 3 is 2.69 bits per heavy atom. The quantitative estimate of drug-likeness (QED) is 0.467. The number of rotatable bonds is 5. The van der Waals surface area contributed by atoms with E-state index in [0.29, 0.717) is 19.1 Å². The molecule has 7 heteroatoms. The zero-order chi connectivity index (χ0) is 19.8. The van der Waals surface area contributed by atoms with Crippen molar-refractivity contribution in [1.82, 2.24) is 19.9 Å². The van der Waals surface area contributed by atoms with Crippen LogP contribution < -0.4 is 14.8 Å². The Kier molecular flexibility index (Phi) is 4.35. The number of aromatic amines is 2. The minimum Gasteiger partial charge on any atom is -0.486 e. The average molecular weight is 389 g/mol. The average Bonchev–Trinajstić information content (AvgIpc) is 3.41. The summed E-state index contributed by atoms with van der Waals surface area (Å²) >= 11 is 0. The van der Waals surface area contributed by atoms with Crippen LogP contribution >= 0.6 is 0 Å². The van der Waals surface area contributed by atoms with E-state index in [0.717, 1.165) is 45.2 Å². The van der Waals surface area contributed by atoms with Crippen molar-refractivity contribution in [3.63, 3.8) is 0 Å². The maximum absolute atomic E-state index is 5.77. The van der Waals surface area contributed by atoms with Crippen LogP contribution in [0.1, 0.15) is 25.5 Å². The van der Waals surface area contributed by atoms with Crippen LogP contribution in [0.5, 0.6) is 11.5 Å². The number of fused-ring (bicyclic) bond motifs is 2. The van der Waals surface area contributed by atoms with Crippen molar-refractivity contribution >= 4 is 16.9 Å². The van der Waals surface area contributed by atoms with Crippen molar-refractivity contribution in [2.75, 3.05) is 18.5 Å². The van der Waals surface area contributed by atoms with Gasteiger partial charge in [-0.1, -0.05) is 19.9 Å². The first-order valence-corrected chi connectivity index (χ1v) is 9.82. The summed E-state index contributed by atoms with van der Waals surface area (Å²) in [7, 11) is 0. The summed E-state index contributed by atoms with van der Waals surface area (Å²) in [6.45, 7) is 5.55. The van der Waals surface area contributed by atoms with Gasteiger partial charge in [0.25, 0.3) is 0 Å². The predicted octanol–water partition coefficient (Wildman–Crippen LogP) is 4.53. The van der Waals surface area contributed by atoms with E-state index < -0.39 is 0 Å². The van der Waals surface area contributed by atoms with Crippen molar-refractivity contribution < 1.29 is 9.47 Å². The summed E-state index contributed by atoms with van der Waals surface area (Å²) in [5.41, 5.74) is 4.03. The zero-order valence-corrected chi connectivity index (χ0v) is 16.4.